The Morgan fingerprint density at radius 1 is 1.25 bits per heavy atom. The summed E-state index contributed by atoms with van der Waals surface area (Å²) in [5, 5.41) is 21.0. The van der Waals surface area contributed by atoms with Crippen molar-refractivity contribution < 1.29 is 10.2 Å². The summed E-state index contributed by atoms with van der Waals surface area (Å²) in [7, 11) is 0. The van der Waals surface area contributed by atoms with Crippen LogP contribution in [0.1, 0.15) is 27.2 Å². The molecule has 2 atom stereocenters. The van der Waals surface area contributed by atoms with Crippen molar-refractivity contribution in [1.29, 1.82) is 0 Å². The molecule has 0 saturated carbocycles. The van der Waals surface area contributed by atoms with Crippen LogP contribution in [-0.4, -0.2) is 35.5 Å². The molecule has 12 heavy (non-hydrogen) atoms. The summed E-state index contributed by atoms with van der Waals surface area (Å²) in [5.41, 5.74) is 0. The van der Waals surface area contributed by atoms with E-state index in [0.29, 0.717) is 12.5 Å². The summed E-state index contributed by atoms with van der Waals surface area (Å²) in [6, 6.07) is 0.125. The van der Waals surface area contributed by atoms with E-state index in [9.17, 15) is 0 Å². The van der Waals surface area contributed by atoms with Gasteiger partial charge in [-0.05, 0) is 19.3 Å². The third-order valence-corrected chi connectivity index (χ3v) is 1.68. The summed E-state index contributed by atoms with van der Waals surface area (Å²) in [4.78, 5) is 0. The van der Waals surface area contributed by atoms with E-state index in [4.69, 9.17) is 10.2 Å². The Kier molecular flexibility index (Phi) is 6.34. The first kappa shape index (κ1) is 11.9. The van der Waals surface area contributed by atoms with Crippen LogP contribution in [-0.2, 0) is 0 Å². The second kappa shape index (κ2) is 6.40. The van der Waals surface area contributed by atoms with Gasteiger partial charge in [-0.25, -0.2) is 0 Å². The lowest BCUT2D eigenvalue weighted by Gasteiger charge is -2.18. The van der Waals surface area contributed by atoms with Crippen molar-refractivity contribution in [3.63, 3.8) is 0 Å². The molecule has 74 valence electrons. The topological polar surface area (TPSA) is 52.5 Å². The Hall–Kier alpha value is -0.120. The average molecular weight is 175 g/mol. The highest BCUT2D eigenvalue weighted by Crippen LogP contribution is 2.03. The Bertz CT molecular complexity index is 105. The Morgan fingerprint density at radius 3 is 2.17 bits per heavy atom. The maximum atomic E-state index is 8.99. The normalized spacial score (nSPS) is 16.5. The molecule has 0 aromatic carbocycles. The molecule has 0 amide bonds. The van der Waals surface area contributed by atoms with Crippen LogP contribution in [0.2, 0.25) is 0 Å². The smallest absolute Gasteiger partial charge is 0.0636 e. The molecule has 0 aromatic rings. The van der Waals surface area contributed by atoms with Gasteiger partial charge in [-0.15, -0.1) is 0 Å². The number of aliphatic hydroxyl groups is 2. The summed E-state index contributed by atoms with van der Waals surface area (Å²) < 4.78 is 0. The van der Waals surface area contributed by atoms with Crippen LogP contribution >= 0.6 is 0 Å². The monoisotopic (exact) mass is 175 g/mol. The molecule has 3 N–H and O–H groups in total. The molecule has 0 aliphatic heterocycles. The average Bonchev–Trinajstić information content (AvgIpc) is 1.97. The Morgan fingerprint density at radius 2 is 1.83 bits per heavy atom. The molecule has 1 unspecified atom stereocenters. The number of rotatable bonds is 6. The van der Waals surface area contributed by atoms with E-state index < -0.39 is 0 Å². The summed E-state index contributed by atoms with van der Waals surface area (Å²) >= 11 is 0. The van der Waals surface area contributed by atoms with Crippen LogP contribution in [0.15, 0.2) is 0 Å². The lowest BCUT2D eigenvalue weighted by molar-refractivity contribution is 0.166. The number of hydrogen-bond donors (Lipinski definition) is 3. The van der Waals surface area contributed by atoms with Gasteiger partial charge in [0.05, 0.1) is 12.7 Å². The first-order valence-electron chi connectivity index (χ1n) is 4.58. The second-order valence-corrected chi connectivity index (χ2v) is 3.77. The number of hydrogen-bond acceptors (Lipinski definition) is 3. The van der Waals surface area contributed by atoms with Crippen molar-refractivity contribution in [2.75, 3.05) is 13.2 Å². The van der Waals surface area contributed by atoms with Crippen molar-refractivity contribution in [3.05, 3.63) is 0 Å². The van der Waals surface area contributed by atoms with Crippen molar-refractivity contribution in [3.8, 4) is 0 Å². The molecule has 0 rings (SSSR count). The maximum Gasteiger partial charge on any atom is 0.0636 e. The standard InChI is InChI=1S/C9H21NO2/c1-7(2)4-9(6-11)10-5-8(3)12/h7-12H,4-6H2,1-3H3/t8-,9?/m0/s1. The fourth-order valence-corrected chi connectivity index (χ4v) is 1.13. The molecule has 0 aliphatic rings. The lowest BCUT2D eigenvalue weighted by Crippen LogP contribution is -2.37. The minimum atomic E-state index is -0.341. The van der Waals surface area contributed by atoms with Crippen LogP contribution in [0.5, 0.6) is 0 Å². The van der Waals surface area contributed by atoms with Crippen LogP contribution in [0.25, 0.3) is 0 Å². The van der Waals surface area contributed by atoms with E-state index in [2.05, 4.69) is 19.2 Å². The van der Waals surface area contributed by atoms with Crippen LogP contribution in [0.4, 0.5) is 0 Å². The third kappa shape index (κ3) is 6.58. The molecule has 3 heteroatoms. The quantitative estimate of drug-likeness (QED) is 0.546. The maximum absolute atomic E-state index is 8.99. The zero-order valence-corrected chi connectivity index (χ0v) is 8.25. The van der Waals surface area contributed by atoms with Gasteiger partial charge in [-0.2, -0.15) is 0 Å². The molecular weight excluding hydrogens is 154 g/mol. The van der Waals surface area contributed by atoms with E-state index >= 15 is 0 Å². The predicted octanol–water partition coefficient (Wildman–Crippen LogP) is 0.364. The van der Waals surface area contributed by atoms with Crippen molar-refractivity contribution >= 4 is 0 Å². The first-order valence-corrected chi connectivity index (χ1v) is 4.58. The van der Waals surface area contributed by atoms with Gasteiger partial charge >= 0.3 is 0 Å². The predicted molar refractivity (Wildman–Crippen MR) is 50.0 cm³/mol. The van der Waals surface area contributed by atoms with Crippen molar-refractivity contribution in [1.82, 2.24) is 5.32 Å². The zero-order chi connectivity index (χ0) is 9.56. The molecule has 0 aliphatic carbocycles. The largest absolute Gasteiger partial charge is 0.395 e. The van der Waals surface area contributed by atoms with Gasteiger partial charge in [-0.3, -0.25) is 0 Å². The third-order valence-electron chi connectivity index (χ3n) is 1.68. The molecule has 3 nitrogen and oxygen atoms in total. The number of aliphatic hydroxyl groups excluding tert-OH is 2. The second-order valence-electron chi connectivity index (χ2n) is 3.77. The van der Waals surface area contributed by atoms with Crippen LogP contribution in [0.3, 0.4) is 0 Å². The van der Waals surface area contributed by atoms with Gasteiger partial charge in [0.1, 0.15) is 0 Å². The lowest BCUT2D eigenvalue weighted by atomic mass is 10.0. The molecule has 0 bridgehead atoms. The molecular formula is C9H21NO2. The van der Waals surface area contributed by atoms with Gasteiger partial charge in [0.15, 0.2) is 0 Å². The Labute approximate surface area is 74.8 Å². The molecule has 0 radical (unpaired) electrons. The number of nitrogens with one attached hydrogen (secondary N) is 1. The molecule has 0 aromatic heterocycles. The summed E-state index contributed by atoms with van der Waals surface area (Å²) in [5.74, 6) is 0.573. The highest BCUT2D eigenvalue weighted by Gasteiger charge is 2.09. The van der Waals surface area contributed by atoms with E-state index in [1.807, 2.05) is 0 Å². The summed E-state index contributed by atoms with van der Waals surface area (Å²) in [6.07, 6.45) is 0.606. The fourth-order valence-electron chi connectivity index (χ4n) is 1.13. The van der Waals surface area contributed by atoms with Gasteiger partial charge in [0.25, 0.3) is 0 Å². The van der Waals surface area contributed by atoms with Gasteiger partial charge < -0.3 is 15.5 Å². The van der Waals surface area contributed by atoms with Crippen LogP contribution < -0.4 is 5.32 Å². The first-order chi connectivity index (χ1) is 5.56. The fraction of sp³-hybridized carbons (Fsp3) is 1.00. The molecule has 0 spiro atoms. The highest BCUT2D eigenvalue weighted by molar-refractivity contribution is 4.68. The Balaban J connectivity index is 3.53. The molecule has 0 fully saturated rings. The SMILES string of the molecule is CC(C)CC(CO)NC[C@H](C)O. The zero-order valence-electron chi connectivity index (χ0n) is 8.25. The minimum absolute atomic E-state index is 0.125. The van der Waals surface area contributed by atoms with Crippen LogP contribution in [0, 0.1) is 5.92 Å². The van der Waals surface area contributed by atoms with E-state index in [1.165, 1.54) is 0 Å². The van der Waals surface area contributed by atoms with Gasteiger partial charge in [-0.1, -0.05) is 13.8 Å². The van der Waals surface area contributed by atoms with E-state index in [0.717, 1.165) is 6.42 Å². The summed E-state index contributed by atoms with van der Waals surface area (Å²) in [6.45, 7) is 6.67. The van der Waals surface area contributed by atoms with Crippen molar-refractivity contribution in [2.45, 2.75) is 39.3 Å². The van der Waals surface area contributed by atoms with Crippen molar-refractivity contribution in [2.24, 2.45) is 5.92 Å². The van der Waals surface area contributed by atoms with Gasteiger partial charge in [0, 0.05) is 12.6 Å². The molecule has 0 saturated heterocycles. The van der Waals surface area contributed by atoms with E-state index in [-0.39, 0.29) is 18.8 Å². The van der Waals surface area contributed by atoms with E-state index in [1.54, 1.807) is 6.92 Å². The molecule has 0 heterocycles. The minimum Gasteiger partial charge on any atom is -0.395 e. The highest BCUT2D eigenvalue weighted by atomic mass is 16.3. The van der Waals surface area contributed by atoms with Gasteiger partial charge in [0.2, 0.25) is 0 Å².